The Morgan fingerprint density at radius 3 is 2.72 bits per heavy atom. The molecule has 0 aliphatic carbocycles. The Kier molecular flexibility index (Phi) is 4.38. The van der Waals surface area contributed by atoms with Crippen LogP contribution in [0.5, 0.6) is 0 Å². The molecule has 1 aliphatic rings. The first-order valence-electron chi connectivity index (χ1n) is 10.6. The summed E-state index contributed by atoms with van der Waals surface area (Å²) in [5.41, 5.74) is 3.97. The lowest BCUT2D eigenvalue weighted by molar-refractivity contribution is -0.119. The van der Waals surface area contributed by atoms with Crippen LogP contribution in [0.1, 0.15) is 12.0 Å². The lowest BCUT2D eigenvalue weighted by Gasteiger charge is -2.29. The maximum atomic E-state index is 13.3. The number of benzene rings is 2. The van der Waals surface area contributed by atoms with E-state index in [9.17, 15) is 4.79 Å². The standard InChI is InChI=1S/C25H20N4O3/c30-23(29-13-5-8-17-7-1-3-10-20(17)29)16-28-15-19(18-9-2-4-11-21(18)28)24-26-27-25(32-24)22-12-6-14-31-22/h1-4,6-7,9-12,14-15H,5,8,13,16H2. The van der Waals surface area contributed by atoms with Gasteiger partial charge in [0.2, 0.25) is 11.8 Å². The number of anilines is 1. The van der Waals surface area contributed by atoms with Gasteiger partial charge in [0.15, 0.2) is 5.76 Å². The van der Waals surface area contributed by atoms with Gasteiger partial charge < -0.3 is 18.3 Å². The molecular formula is C25H20N4O3. The van der Waals surface area contributed by atoms with Crippen LogP contribution in [0.25, 0.3) is 34.0 Å². The Hall–Kier alpha value is -4.13. The molecule has 158 valence electrons. The first-order valence-corrected chi connectivity index (χ1v) is 10.6. The summed E-state index contributed by atoms with van der Waals surface area (Å²) in [6.45, 7) is 0.964. The molecule has 0 bridgehead atoms. The van der Waals surface area contributed by atoms with Gasteiger partial charge in [-0.2, -0.15) is 0 Å². The molecular weight excluding hydrogens is 404 g/mol. The van der Waals surface area contributed by atoms with Crippen molar-refractivity contribution in [3.63, 3.8) is 0 Å². The van der Waals surface area contributed by atoms with Gasteiger partial charge in [-0.15, -0.1) is 10.2 Å². The van der Waals surface area contributed by atoms with Gasteiger partial charge in [-0.05, 0) is 42.7 Å². The third-order valence-corrected chi connectivity index (χ3v) is 5.89. The third kappa shape index (κ3) is 3.10. The van der Waals surface area contributed by atoms with Crippen molar-refractivity contribution in [3.8, 4) is 23.1 Å². The topological polar surface area (TPSA) is 77.3 Å². The number of rotatable bonds is 4. The van der Waals surface area contributed by atoms with Crippen molar-refractivity contribution in [3.05, 3.63) is 78.7 Å². The maximum Gasteiger partial charge on any atom is 0.283 e. The maximum absolute atomic E-state index is 13.3. The first kappa shape index (κ1) is 18.6. The number of nitrogens with zero attached hydrogens (tertiary/aromatic N) is 4. The van der Waals surface area contributed by atoms with Crippen molar-refractivity contribution in [2.75, 3.05) is 11.4 Å². The quantitative estimate of drug-likeness (QED) is 0.409. The molecule has 0 radical (unpaired) electrons. The van der Waals surface area contributed by atoms with Crippen LogP contribution in [0.2, 0.25) is 0 Å². The second kappa shape index (κ2) is 7.53. The highest BCUT2D eigenvalue weighted by molar-refractivity contribution is 5.98. The van der Waals surface area contributed by atoms with Gasteiger partial charge in [0.25, 0.3) is 5.89 Å². The van der Waals surface area contributed by atoms with Crippen LogP contribution < -0.4 is 4.90 Å². The highest BCUT2D eigenvalue weighted by Crippen LogP contribution is 2.32. The predicted molar refractivity (Wildman–Crippen MR) is 120 cm³/mol. The Balaban J connectivity index is 1.36. The van der Waals surface area contributed by atoms with Crippen LogP contribution in [0, 0.1) is 0 Å². The smallest absolute Gasteiger partial charge is 0.283 e. The zero-order valence-electron chi connectivity index (χ0n) is 17.3. The van der Waals surface area contributed by atoms with E-state index >= 15 is 0 Å². The van der Waals surface area contributed by atoms with Crippen LogP contribution in [0.15, 0.2) is 82.0 Å². The molecule has 7 nitrogen and oxygen atoms in total. The van der Waals surface area contributed by atoms with Gasteiger partial charge in [0.1, 0.15) is 6.54 Å². The minimum atomic E-state index is 0.0613. The van der Waals surface area contributed by atoms with E-state index in [0.717, 1.165) is 41.5 Å². The monoisotopic (exact) mass is 424 g/mol. The predicted octanol–water partition coefficient (Wildman–Crippen LogP) is 4.93. The molecule has 5 aromatic rings. The Labute approximate surface area is 183 Å². The van der Waals surface area contributed by atoms with Gasteiger partial charge in [-0.25, -0.2) is 0 Å². The normalized spacial score (nSPS) is 13.4. The number of aromatic nitrogens is 3. The van der Waals surface area contributed by atoms with E-state index in [2.05, 4.69) is 16.3 Å². The average Bonchev–Trinajstić information content (AvgIpc) is 3.59. The summed E-state index contributed by atoms with van der Waals surface area (Å²) in [6.07, 6.45) is 5.46. The van der Waals surface area contributed by atoms with E-state index in [4.69, 9.17) is 8.83 Å². The number of aryl methyl sites for hydroxylation is 1. The number of fused-ring (bicyclic) bond motifs is 2. The fourth-order valence-corrected chi connectivity index (χ4v) is 4.40. The molecule has 1 amide bonds. The van der Waals surface area contributed by atoms with Crippen LogP contribution in [-0.2, 0) is 17.8 Å². The van der Waals surface area contributed by atoms with Crippen LogP contribution in [0.4, 0.5) is 5.69 Å². The van der Waals surface area contributed by atoms with Crippen molar-refractivity contribution in [2.45, 2.75) is 19.4 Å². The number of amides is 1. The lowest BCUT2D eigenvalue weighted by Crippen LogP contribution is -2.37. The molecule has 0 fully saturated rings. The number of para-hydroxylation sites is 2. The van der Waals surface area contributed by atoms with Gasteiger partial charge in [-0.3, -0.25) is 4.79 Å². The van der Waals surface area contributed by atoms with Crippen LogP contribution in [0.3, 0.4) is 0 Å². The molecule has 0 saturated carbocycles. The molecule has 32 heavy (non-hydrogen) atoms. The highest BCUT2D eigenvalue weighted by atomic mass is 16.4. The van der Waals surface area contributed by atoms with Gasteiger partial charge in [0.05, 0.1) is 11.8 Å². The van der Waals surface area contributed by atoms with E-state index in [1.165, 1.54) is 5.56 Å². The molecule has 0 atom stereocenters. The largest absolute Gasteiger partial charge is 0.459 e. The summed E-state index contributed by atoms with van der Waals surface area (Å²) in [5, 5.41) is 9.29. The van der Waals surface area contributed by atoms with Crippen molar-refractivity contribution >= 4 is 22.5 Å². The van der Waals surface area contributed by atoms with E-state index in [-0.39, 0.29) is 12.5 Å². The second-order valence-corrected chi connectivity index (χ2v) is 7.86. The minimum absolute atomic E-state index is 0.0613. The summed E-state index contributed by atoms with van der Waals surface area (Å²) in [6, 6.07) is 19.6. The third-order valence-electron chi connectivity index (χ3n) is 5.89. The fourth-order valence-electron chi connectivity index (χ4n) is 4.40. The molecule has 0 N–H and O–H groups in total. The van der Waals surface area contributed by atoms with E-state index in [1.54, 1.807) is 18.4 Å². The second-order valence-electron chi connectivity index (χ2n) is 7.86. The molecule has 6 rings (SSSR count). The molecule has 1 aliphatic heterocycles. The van der Waals surface area contributed by atoms with E-state index in [1.807, 2.05) is 58.1 Å². The van der Waals surface area contributed by atoms with Gasteiger partial charge in [0, 0.05) is 29.3 Å². The number of hydrogen-bond donors (Lipinski definition) is 0. The SMILES string of the molecule is O=C(Cn1cc(-c2nnc(-c3ccco3)o2)c2ccccc21)N1CCCc2ccccc21. The fraction of sp³-hybridized carbons (Fsp3) is 0.160. The van der Waals surface area contributed by atoms with Crippen LogP contribution in [-0.4, -0.2) is 27.2 Å². The molecule has 0 spiro atoms. The van der Waals surface area contributed by atoms with Gasteiger partial charge in [-0.1, -0.05) is 36.4 Å². The summed E-state index contributed by atoms with van der Waals surface area (Å²) in [7, 11) is 0. The minimum Gasteiger partial charge on any atom is -0.459 e. The molecule has 3 aromatic heterocycles. The summed E-state index contributed by atoms with van der Waals surface area (Å²) >= 11 is 0. The molecule has 4 heterocycles. The molecule has 7 heteroatoms. The number of carbonyl (C=O) groups is 1. The van der Waals surface area contributed by atoms with Crippen LogP contribution >= 0.6 is 0 Å². The molecule has 2 aromatic carbocycles. The van der Waals surface area contributed by atoms with Crippen molar-refractivity contribution < 1.29 is 13.6 Å². The molecule has 0 unspecified atom stereocenters. The average molecular weight is 424 g/mol. The van der Waals surface area contributed by atoms with E-state index in [0.29, 0.717) is 17.5 Å². The lowest BCUT2D eigenvalue weighted by atomic mass is 10.0. The summed E-state index contributed by atoms with van der Waals surface area (Å²) < 4.78 is 13.2. The zero-order chi connectivity index (χ0) is 21.5. The Bertz CT molecular complexity index is 1410. The number of hydrogen-bond acceptors (Lipinski definition) is 5. The van der Waals surface area contributed by atoms with Gasteiger partial charge >= 0.3 is 0 Å². The molecule has 0 saturated heterocycles. The Morgan fingerprint density at radius 2 is 1.81 bits per heavy atom. The van der Waals surface area contributed by atoms with Crippen molar-refractivity contribution in [1.29, 1.82) is 0 Å². The Morgan fingerprint density at radius 1 is 0.969 bits per heavy atom. The van der Waals surface area contributed by atoms with Crippen molar-refractivity contribution in [2.24, 2.45) is 0 Å². The summed E-state index contributed by atoms with van der Waals surface area (Å²) in [5.74, 6) is 1.29. The van der Waals surface area contributed by atoms with E-state index < -0.39 is 0 Å². The first-order chi connectivity index (χ1) is 15.8. The number of furan rings is 1. The zero-order valence-corrected chi connectivity index (χ0v) is 17.3. The summed E-state index contributed by atoms with van der Waals surface area (Å²) in [4.78, 5) is 15.2. The number of carbonyl (C=O) groups excluding carboxylic acids is 1. The highest BCUT2D eigenvalue weighted by Gasteiger charge is 2.24. The van der Waals surface area contributed by atoms with Crippen molar-refractivity contribution in [1.82, 2.24) is 14.8 Å².